The SMILES string of the molecule is Cc1nnc2c3cccnc3n3c4ccccc4nc3n12. The van der Waals surface area contributed by atoms with Crippen LogP contribution >= 0.6 is 0 Å². The lowest BCUT2D eigenvalue weighted by Crippen LogP contribution is -2.00. The number of nitrogens with zero attached hydrogens (tertiary/aromatic N) is 6. The number of pyridine rings is 1. The van der Waals surface area contributed by atoms with Crippen LogP contribution < -0.4 is 0 Å². The van der Waals surface area contributed by atoms with Gasteiger partial charge >= 0.3 is 0 Å². The summed E-state index contributed by atoms with van der Waals surface area (Å²) >= 11 is 0. The normalized spacial score (nSPS) is 12.0. The summed E-state index contributed by atoms with van der Waals surface area (Å²) in [6.07, 6.45) is 1.79. The van der Waals surface area contributed by atoms with Crippen molar-refractivity contribution in [2.75, 3.05) is 0 Å². The van der Waals surface area contributed by atoms with Crippen LogP contribution in [0.3, 0.4) is 0 Å². The van der Waals surface area contributed by atoms with E-state index >= 15 is 0 Å². The van der Waals surface area contributed by atoms with Crippen molar-refractivity contribution in [2.45, 2.75) is 6.92 Å². The van der Waals surface area contributed by atoms with E-state index in [4.69, 9.17) is 4.98 Å². The maximum Gasteiger partial charge on any atom is 0.224 e. The first kappa shape index (κ1) is 10.7. The van der Waals surface area contributed by atoms with Crippen molar-refractivity contribution in [3.8, 4) is 0 Å². The van der Waals surface area contributed by atoms with Crippen molar-refractivity contribution in [2.24, 2.45) is 0 Å². The Bertz CT molecular complexity index is 1150. The fourth-order valence-electron chi connectivity index (χ4n) is 2.90. The third-order valence-corrected chi connectivity index (χ3v) is 3.81. The lowest BCUT2D eigenvalue weighted by atomic mass is 10.3. The van der Waals surface area contributed by atoms with Gasteiger partial charge in [0.15, 0.2) is 11.3 Å². The summed E-state index contributed by atoms with van der Waals surface area (Å²) in [5, 5.41) is 9.45. The van der Waals surface area contributed by atoms with Crippen molar-refractivity contribution in [3.05, 3.63) is 48.4 Å². The molecule has 100 valence electrons. The molecule has 4 heterocycles. The zero-order valence-electron chi connectivity index (χ0n) is 11.2. The largest absolute Gasteiger partial charge is 0.261 e. The highest BCUT2D eigenvalue weighted by atomic mass is 15.3. The molecule has 0 radical (unpaired) electrons. The van der Waals surface area contributed by atoms with Crippen molar-refractivity contribution in [1.82, 2.24) is 29.0 Å². The van der Waals surface area contributed by atoms with Gasteiger partial charge < -0.3 is 0 Å². The van der Waals surface area contributed by atoms with E-state index in [0.717, 1.165) is 39.3 Å². The number of hydrogen-bond donors (Lipinski definition) is 0. The molecule has 0 saturated heterocycles. The number of fused-ring (bicyclic) bond motifs is 8. The van der Waals surface area contributed by atoms with E-state index in [2.05, 4.69) is 25.6 Å². The summed E-state index contributed by atoms with van der Waals surface area (Å²) in [6.45, 7) is 1.93. The van der Waals surface area contributed by atoms with Gasteiger partial charge in [-0.25, -0.2) is 14.4 Å². The molecule has 5 aromatic rings. The monoisotopic (exact) mass is 274 g/mol. The molecule has 0 aliphatic carbocycles. The number of hydrogen-bond acceptors (Lipinski definition) is 4. The van der Waals surface area contributed by atoms with Gasteiger partial charge in [-0.1, -0.05) is 12.1 Å². The Hall–Kier alpha value is -3.02. The molecule has 0 N–H and O–H groups in total. The summed E-state index contributed by atoms with van der Waals surface area (Å²) in [6, 6.07) is 12.0. The molecule has 0 spiro atoms. The molecule has 0 aliphatic heterocycles. The Morgan fingerprint density at radius 3 is 2.76 bits per heavy atom. The minimum atomic E-state index is 0.790. The second-order valence-electron chi connectivity index (χ2n) is 5.02. The van der Waals surface area contributed by atoms with Crippen LogP contribution in [0.15, 0.2) is 42.6 Å². The van der Waals surface area contributed by atoms with Gasteiger partial charge in [0.2, 0.25) is 5.78 Å². The molecule has 0 bridgehead atoms. The highest BCUT2D eigenvalue weighted by Gasteiger charge is 2.16. The van der Waals surface area contributed by atoms with E-state index in [1.807, 2.05) is 41.7 Å². The van der Waals surface area contributed by atoms with E-state index < -0.39 is 0 Å². The molecule has 6 heteroatoms. The van der Waals surface area contributed by atoms with E-state index in [0.29, 0.717) is 0 Å². The van der Waals surface area contributed by atoms with Crippen LogP contribution in [-0.2, 0) is 0 Å². The Morgan fingerprint density at radius 2 is 1.81 bits per heavy atom. The van der Waals surface area contributed by atoms with E-state index in [9.17, 15) is 0 Å². The quantitative estimate of drug-likeness (QED) is 0.435. The number of aryl methyl sites for hydroxylation is 1. The van der Waals surface area contributed by atoms with E-state index in [1.54, 1.807) is 6.20 Å². The Kier molecular flexibility index (Phi) is 1.81. The number of aromatic nitrogens is 6. The van der Waals surface area contributed by atoms with Crippen molar-refractivity contribution < 1.29 is 0 Å². The standard InChI is InChI=1S/C15H10N6/c1-9-18-19-14-10-5-4-8-16-13(10)21-12-7-3-2-6-11(12)17-15(21)20(9)14/h2-8H,1H3. The van der Waals surface area contributed by atoms with Crippen molar-refractivity contribution in [1.29, 1.82) is 0 Å². The first-order chi connectivity index (χ1) is 10.3. The fourth-order valence-corrected chi connectivity index (χ4v) is 2.90. The van der Waals surface area contributed by atoms with Crippen LogP contribution in [0.5, 0.6) is 0 Å². The zero-order chi connectivity index (χ0) is 14.0. The summed E-state index contributed by atoms with van der Waals surface area (Å²) in [5.74, 6) is 1.61. The molecule has 1 aromatic carbocycles. The van der Waals surface area contributed by atoms with Gasteiger partial charge in [0.25, 0.3) is 0 Å². The molecule has 5 rings (SSSR count). The Morgan fingerprint density at radius 1 is 0.905 bits per heavy atom. The Labute approximate surface area is 118 Å². The van der Waals surface area contributed by atoms with E-state index in [-0.39, 0.29) is 0 Å². The van der Waals surface area contributed by atoms with Gasteiger partial charge in [-0.3, -0.25) is 4.40 Å². The van der Waals surface area contributed by atoms with Gasteiger partial charge in [0, 0.05) is 6.20 Å². The zero-order valence-corrected chi connectivity index (χ0v) is 11.2. The number of para-hydroxylation sites is 2. The molecule has 0 fully saturated rings. The third kappa shape index (κ3) is 1.22. The second kappa shape index (κ2) is 3.54. The van der Waals surface area contributed by atoms with Crippen LogP contribution in [0.2, 0.25) is 0 Å². The smallest absolute Gasteiger partial charge is 0.224 e. The molecule has 6 nitrogen and oxygen atoms in total. The molecular weight excluding hydrogens is 264 g/mol. The van der Waals surface area contributed by atoms with Crippen LogP contribution in [0.25, 0.3) is 33.5 Å². The summed E-state index contributed by atoms with van der Waals surface area (Å²) < 4.78 is 4.04. The van der Waals surface area contributed by atoms with Crippen molar-refractivity contribution in [3.63, 3.8) is 0 Å². The van der Waals surface area contributed by atoms with Gasteiger partial charge in [-0.2, -0.15) is 0 Å². The van der Waals surface area contributed by atoms with Gasteiger partial charge in [-0.05, 0) is 31.2 Å². The van der Waals surface area contributed by atoms with Crippen LogP contribution in [0.4, 0.5) is 0 Å². The molecule has 0 saturated carbocycles. The molecule has 0 amide bonds. The maximum atomic E-state index is 4.73. The van der Waals surface area contributed by atoms with Crippen molar-refractivity contribution >= 4 is 33.5 Å². The topological polar surface area (TPSA) is 60.4 Å². The predicted molar refractivity (Wildman–Crippen MR) is 79.3 cm³/mol. The summed E-state index contributed by atoms with van der Waals surface area (Å²) in [7, 11) is 0. The number of imidazole rings is 1. The van der Waals surface area contributed by atoms with Crippen LogP contribution in [0, 0.1) is 6.92 Å². The molecule has 4 aromatic heterocycles. The minimum Gasteiger partial charge on any atom is -0.261 e. The average molecular weight is 274 g/mol. The van der Waals surface area contributed by atoms with Crippen LogP contribution in [0.1, 0.15) is 5.82 Å². The second-order valence-corrected chi connectivity index (χ2v) is 5.02. The lowest BCUT2D eigenvalue weighted by Gasteiger charge is -2.05. The Balaban J connectivity index is 2.27. The number of benzene rings is 1. The molecule has 0 unspecified atom stereocenters. The maximum absolute atomic E-state index is 4.73. The predicted octanol–water partition coefficient (Wildman–Crippen LogP) is 2.39. The number of rotatable bonds is 0. The van der Waals surface area contributed by atoms with E-state index in [1.165, 1.54) is 0 Å². The van der Waals surface area contributed by atoms with Crippen LogP contribution in [-0.4, -0.2) is 29.0 Å². The molecular formula is C15H10N6. The molecule has 0 atom stereocenters. The molecule has 21 heavy (non-hydrogen) atoms. The van der Waals surface area contributed by atoms with Gasteiger partial charge in [-0.15, -0.1) is 10.2 Å². The summed E-state index contributed by atoms with van der Waals surface area (Å²) in [5.41, 5.74) is 3.61. The first-order valence-corrected chi connectivity index (χ1v) is 6.70. The fraction of sp³-hybridized carbons (Fsp3) is 0.0667. The third-order valence-electron chi connectivity index (χ3n) is 3.81. The minimum absolute atomic E-state index is 0.790. The van der Waals surface area contributed by atoms with Gasteiger partial charge in [0.05, 0.1) is 16.4 Å². The molecule has 0 aliphatic rings. The van der Waals surface area contributed by atoms with Gasteiger partial charge in [0.1, 0.15) is 5.82 Å². The first-order valence-electron chi connectivity index (χ1n) is 6.70. The highest BCUT2D eigenvalue weighted by Crippen LogP contribution is 2.25. The lowest BCUT2D eigenvalue weighted by molar-refractivity contribution is 0.997. The average Bonchev–Trinajstić information content (AvgIpc) is 3.08. The summed E-state index contributed by atoms with van der Waals surface area (Å²) in [4.78, 5) is 9.27. The highest BCUT2D eigenvalue weighted by molar-refractivity contribution is 5.95.